The van der Waals surface area contributed by atoms with Crippen LogP contribution in [0.15, 0.2) is 0 Å². The normalized spacial score (nSPS) is 31.6. The van der Waals surface area contributed by atoms with E-state index in [4.69, 9.17) is 0 Å². The van der Waals surface area contributed by atoms with Gasteiger partial charge in [-0.05, 0) is 41.7 Å². The SMILES string of the molecule is CNC1C(=O)CNC(C(C)=O)C(C)(C)SC1(C)C. The number of carbonyl (C=O) groups is 2. The maximum atomic E-state index is 12.1. The molecule has 1 aliphatic rings. The van der Waals surface area contributed by atoms with Gasteiger partial charge in [-0.3, -0.25) is 14.9 Å². The molecule has 104 valence electrons. The summed E-state index contributed by atoms with van der Waals surface area (Å²) in [7, 11) is 1.81. The lowest BCUT2D eigenvalue weighted by atomic mass is 9.95. The van der Waals surface area contributed by atoms with Crippen molar-refractivity contribution in [2.75, 3.05) is 13.6 Å². The molecule has 0 radical (unpaired) electrons. The molecule has 18 heavy (non-hydrogen) atoms. The van der Waals surface area contributed by atoms with Gasteiger partial charge in [0.15, 0.2) is 5.78 Å². The number of carbonyl (C=O) groups excluding carboxylic acids is 2. The monoisotopic (exact) mass is 272 g/mol. The molecule has 0 aliphatic carbocycles. The molecular weight excluding hydrogens is 248 g/mol. The Hall–Kier alpha value is -0.390. The van der Waals surface area contributed by atoms with Crippen molar-refractivity contribution < 1.29 is 9.59 Å². The second kappa shape index (κ2) is 5.31. The first kappa shape index (κ1) is 15.7. The molecule has 2 N–H and O–H groups in total. The van der Waals surface area contributed by atoms with Gasteiger partial charge in [0, 0.05) is 9.49 Å². The van der Waals surface area contributed by atoms with Gasteiger partial charge in [-0.15, -0.1) is 11.8 Å². The minimum atomic E-state index is -0.288. The Morgan fingerprint density at radius 1 is 1.33 bits per heavy atom. The van der Waals surface area contributed by atoms with Gasteiger partial charge < -0.3 is 5.32 Å². The predicted octanol–water partition coefficient (Wildman–Crippen LogP) is 0.995. The number of ketones is 2. The van der Waals surface area contributed by atoms with Gasteiger partial charge in [0.25, 0.3) is 0 Å². The highest BCUT2D eigenvalue weighted by atomic mass is 32.2. The van der Waals surface area contributed by atoms with Crippen LogP contribution >= 0.6 is 11.8 Å². The van der Waals surface area contributed by atoms with Crippen molar-refractivity contribution in [3.63, 3.8) is 0 Å². The standard InChI is InChI=1S/C13H24N2O2S/c1-8(16)10-12(2,3)18-13(4,5)11(14-6)9(17)7-15-10/h10-11,14-15H,7H2,1-6H3. The van der Waals surface area contributed by atoms with Crippen LogP contribution in [0.25, 0.3) is 0 Å². The molecule has 1 heterocycles. The van der Waals surface area contributed by atoms with Crippen molar-refractivity contribution in [1.29, 1.82) is 0 Å². The molecule has 0 aromatic rings. The Balaban J connectivity index is 3.09. The average molecular weight is 272 g/mol. The van der Waals surface area contributed by atoms with Gasteiger partial charge in [-0.1, -0.05) is 0 Å². The molecule has 2 unspecified atom stereocenters. The van der Waals surface area contributed by atoms with Crippen molar-refractivity contribution in [2.24, 2.45) is 0 Å². The third-order valence-corrected chi connectivity index (χ3v) is 4.94. The molecule has 1 fully saturated rings. The van der Waals surface area contributed by atoms with Crippen molar-refractivity contribution in [2.45, 2.75) is 56.2 Å². The molecule has 1 rings (SSSR count). The first-order valence-corrected chi connectivity index (χ1v) is 7.07. The molecule has 0 aromatic heterocycles. The van der Waals surface area contributed by atoms with Crippen molar-refractivity contribution in [3.8, 4) is 0 Å². The molecule has 5 heteroatoms. The molecule has 4 nitrogen and oxygen atoms in total. The fourth-order valence-electron chi connectivity index (χ4n) is 2.88. The molecule has 0 saturated carbocycles. The number of Topliss-reactive ketones (excluding diaryl/α,β-unsaturated/α-hetero) is 2. The molecule has 0 aromatic carbocycles. The van der Waals surface area contributed by atoms with Gasteiger partial charge >= 0.3 is 0 Å². The number of rotatable bonds is 2. The predicted molar refractivity (Wildman–Crippen MR) is 76.1 cm³/mol. The van der Waals surface area contributed by atoms with Crippen LogP contribution in [0.2, 0.25) is 0 Å². The van der Waals surface area contributed by atoms with E-state index in [1.807, 2.05) is 7.05 Å². The molecule has 2 atom stereocenters. The van der Waals surface area contributed by atoms with Crippen LogP contribution < -0.4 is 10.6 Å². The summed E-state index contributed by atoms with van der Waals surface area (Å²) < 4.78 is -0.490. The van der Waals surface area contributed by atoms with Crippen LogP contribution in [0, 0.1) is 0 Å². The summed E-state index contributed by atoms with van der Waals surface area (Å²) in [6, 6.07) is -0.495. The zero-order valence-corrected chi connectivity index (χ0v) is 12.9. The zero-order valence-electron chi connectivity index (χ0n) is 12.1. The maximum absolute atomic E-state index is 12.1. The van der Waals surface area contributed by atoms with E-state index in [1.54, 1.807) is 18.7 Å². The second-order valence-electron chi connectivity index (χ2n) is 5.92. The molecule has 0 bridgehead atoms. The lowest BCUT2D eigenvalue weighted by Crippen LogP contribution is -2.61. The van der Waals surface area contributed by atoms with E-state index < -0.39 is 0 Å². The lowest BCUT2D eigenvalue weighted by Gasteiger charge is -2.44. The first-order chi connectivity index (χ1) is 8.12. The Bertz CT molecular complexity index is 347. The van der Waals surface area contributed by atoms with Crippen molar-refractivity contribution in [3.05, 3.63) is 0 Å². The summed E-state index contributed by atoms with van der Waals surface area (Å²) >= 11 is 1.69. The average Bonchev–Trinajstić information content (AvgIpc) is 2.13. The van der Waals surface area contributed by atoms with Crippen LogP contribution in [-0.2, 0) is 9.59 Å². The number of likely N-dealkylation sites (N-methyl/N-ethyl adjacent to an activating group) is 1. The van der Waals surface area contributed by atoms with E-state index >= 15 is 0 Å². The molecule has 0 spiro atoms. The number of thioether (sulfide) groups is 1. The molecule has 1 aliphatic heterocycles. The largest absolute Gasteiger partial charge is 0.309 e. The van der Waals surface area contributed by atoms with Gasteiger partial charge in [-0.2, -0.15) is 0 Å². The first-order valence-electron chi connectivity index (χ1n) is 6.26. The third kappa shape index (κ3) is 3.13. The summed E-state index contributed by atoms with van der Waals surface area (Å²) in [6.45, 7) is 10.0. The highest BCUT2D eigenvalue weighted by molar-refractivity contribution is 8.02. The van der Waals surface area contributed by atoms with Crippen LogP contribution in [0.3, 0.4) is 0 Å². The van der Waals surface area contributed by atoms with E-state index in [2.05, 4.69) is 38.3 Å². The summed E-state index contributed by atoms with van der Waals surface area (Å²) in [5, 5.41) is 6.20. The number of nitrogens with one attached hydrogen (secondary N) is 2. The Morgan fingerprint density at radius 2 is 1.89 bits per heavy atom. The van der Waals surface area contributed by atoms with E-state index in [9.17, 15) is 9.59 Å². The van der Waals surface area contributed by atoms with Crippen LogP contribution in [0.5, 0.6) is 0 Å². The van der Waals surface area contributed by atoms with Crippen LogP contribution in [0.4, 0.5) is 0 Å². The van der Waals surface area contributed by atoms with E-state index in [0.717, 1.165) is 0 Å². The van der Waals surface area contributed by atoms with Gasteiger partial charge in [0.05, 0.1) is 18.6 Å². The van der Waals surface area contributed by atoms with Gasteiger partial charge in [0.1, 0.15) is 5.78 Å². The highest BCUT2D eigenvalue weighted by Gasteiger charge is 2.45. The van der Waals surface area contributed by atoms with E-state index in [-0.39, 0.29) is 39.7 Å². The smallest absolute Gasteiger partial charge is 0.164 e. The highest BCUT2D eigenvalue weighted by Crippen LogP contribution is 2.42. The summed E-state index contributed by atoms with van der Waals surface area (Å²) in [6.07, 6.45) is 0. The second-order valence-corrected chi connectivity index (χ2v) is 8.23. The molecule has 1 saturated heterocycles. The minimum absolute atomic E-state index is 0.0824. The maximum Gasteiger partial charge on any atom is 0.164 e. The fraction of sp³-hybridized carbons (Fsp3) is 0.846. The number of hydrogen-bond donors (Lipinski definition) is 2. The van der Waals surface area contributed by atoms with E-state index in [1.165, 1.54) is 0 Å². The van der Waals surface area contributed by atoms with Crippen LogP contribution in [0.1, 0.15) is 34.6 Å². The van der Waals surface area contributed by atoms with Crippen LogP contribution in [-0.4, -0.2) is 46.7 Å². The van der Waals surface area contributed by atoms with Crippen molar-refractivity contribution >= 4 is 23.3 Å². The molecular formula is C13H24N2O2S. The van der Waals surface area contributed by atoms with E-state index in [0.29, 0.717) is 0 Å². The summed E-state index contributed by atoms with van der Waals surface area (Å²) in [5.41, 5.74) is 0. The third-order valence-electron chi connectivity index (χ3n) is 3.41. The summed E-state index contributed by atoms with van der Waals surface area (Å²) in [5.74, 6) is 0.191. The van der Waals surface area contributed by atoms with Gasteiger partial charge in [0.2, 0.25) is 0 Å². The topological polar surface area (TPSA) is 58.2 Å². The molecule has 0 amide bonds. The lowest BCUT2D eigenvalue weighted by molar-refractivity contribution is -0.122. The Labute approximate surface area is 114 Å². The quantitative estimate of drug-likeness (QED) is 0.785. The Morgan fingerprint density at radius 3 is 2.33 bits per heavy atom. The minimum Gasteiger partial charge on any atom is -0.309 e. The Kier molecular flexibility index (Phi) is 4.62. The zero-order chi connectivity index (χ0) is 14.1. The fourth-order valence-corrected chi connectivity index (χ4v) is 4.97. The number of hydrogen-bond acceptors (Lipinski definition) is 5. The van der Waals surface area contributed by atoms with Crippen molar-refractivity contribution in [1.82, 2.24) is 10.6 Å². The van der Waals surface area contributed by atoms with Gasteiger partial charge in [-0.25, -0.2) is 0 Å². The summed E-state index contributed by atoms with van der Waals surface area (Å²) in [4.78, 5) is 23.9.